The van der Waals surface area contributed by atoms with Crippen LogP contribution in [-0.4, -0.2) is 36.0 Å². The molecule has 0 heterocycles. The van der Waals surface area contributed by atoms with E-state index in [1.54, 1.807) is 19.1 Å². The van der Waals surface area contributed by atoms with Gasteiger partial charge >= 0.3 is 12.1 Å². The Hall–Kier alpha value is -2.90. The van der Waals surface area contributed by atoms with Crippen LogP contribution in [0, 0.1) is 5.92 Å². The van der Waals surface area contributed by atoms with E-state index in [0.29, 0.717) is 18.3 Å². The summed E-state index contributed by atoms with van der Waals surface area (Å²) >= 11 is 0. The second kappa shape index (κ2) is 9.98. The van der Waals surface area contributed by atoms with E-state index in [2.05, 4.69) is 9.57 Å². The van der Waals surface area contributed by atoms with Gasteiger partial charge in [-0.05, 0) is 37.5 Å². The predicted octanol–water partition coefficient (Wildman–Crippen LogP) is 1.73. The third-order valence-corrected chi connectivity index (χ3v) is 3.12. The molecular formula is C16H19NO7. The largest absolute Gasteiger partial charge is 0.533 e. The van der Waals surface area contributed by atoms with Crippen molar-refractivity contribution in [2.45, 2.75) is 26.2 Å². The number of carboxylic acid groups (broad SMARTS) is 1. The molecule has 0 radical (unpaired) electrons. The number of rotatable bonds is 8. The SMILES string of the molecule is CCOC(=O)ONC(=O)CCC(C=O)Cc1cccc(C(=O)O)c1. The number of aromatic carboxylic acids is 1. The first kappa shape index (κ1) is 19.1. The van der Waals surface area contributed by atoms with E-state index in [9.17, 15) is 19.2 Å². The van der Waals surface area contributed by atoms with Crippen LogP contribution < -0.4 is 5.48 Å². The van der Waals surface area contributed by atoms with Gasteiger partial charge in [-0.1, -0.05) is 12.1 Å². The summed E-state index contributed by atoms with van der Waals surface area (Å²) in [6.07, 6.45) is 0.229. The molecule has 0 aliphatic heterocycles. The molecule has 0 saturated heterocycles. The predicted molar refractivity (Wildman–Crippen MR) is 82.1 cm³/mol. The molecule has 1 aromatic rings. The summed E-state index contributed by atoms with van der Waals surface area (Å²) in [5, 5.41) is 8.94. The molecule has 1 unspecified atom stereocenters. The van der Waals surface area contributed by atoms with Crippen molar-refractivity contribution in [2.75, 3.05) is 6.61 Å². The molecule has 0 saturated carbocycles. The zero-order valence-electron chi connectivity index (χ0n) is 13.2. The Kier molecular flexibility index (Phi) is 7.97. The number of carboxylic acids is 1. The standard InChI is InChI=1S/C16H19NO7/c1-2-23-16(22)24-17-14(19)7-6-12(10-18)8-11-4-3-5-13(9-11)15(20)21/h3-5,9-10,12H,2,6-8H2,1H3,(H,17,19)(H,20,21). The third-order valence-electron chi connectivity index (χ3n) is 3.12. The van der Waals surface area contributed by atoms with Gasteiger partial charge in [0.1, 0.15) is 6.29 Å². The molecule has 2 N–H and O–H groups in total. The van der Waals surface area contributed by atoms with Gasteiger partial charge in [-0.2, -0.15) is 5.48 Å². The second-order valence-corrected chi connectivity index (χ2v) is 4.95. The number of carbonyl (C=O) groups excluding carboxylic acids is 3. The first-order chi connectivity index (χ1) is 11.5. The monoisotopic (exact) mass is 337 g/mol. The van der Waals surface area contributed by atoms with Gasteiger partial charge in [-0.25, -0.2) is 9.59 Å². The fourth-order valence-corrected chi connectivity index (χ4v) is 1.97. The first-order valence-corrected chi connectivity index (χ1v) is 7.36. The Balaban J connectivity index is 2.46. The second-order valence-electron chi connectivity index (χ2n) is 4.95. The minimum absolute atomic E-state index is 0.0264. The van der Waals surface area contributed by atoms with Crippen LogP contribution in [0.4, 0.5) is 4.79 Å². The van der Waals surface area contributed by atoms with Crippen LogP contribution in [-0.2, 0) is 25.6 Å². The van der Waals surface area contributed by atoms with Crippen LogP contribution in [0.2, 0.25) is 0 Å². The molecule has 0 bridgehead atoms. The molecule has 1 rings (SSSR count). The zero-order chi connectivity index (χ0) is 17.9. The first-order valence-electron chi connectivity index (χ1n) is 7.36. The van der Waals surface area contributed by atoms with Crippen molar-refractivity contribution in [3.8, 4) is 0 Å². The van der Waals surface area contributed by atoms with Crippen molar-refractivity contribution >= 4 is 24.3 Å². The van der Waals surface area contributed by atoms with Gasteiger partial charge in [0.2, 0.25) is 0 Å². The summed E-state index contributed by atoms with van der Waals surface area (Å²) in [6, 6.07) is 6.26. The number of nitrogens with one attached hydrogen (secondary N) is 1. The van der Waals surface area contributed by atoms with E-state index >= 15 is 0 Å². The number of amides is 1. The quantitative estimate of drug-likeness (QED) is 0.421. The molecular weight excluding hydrogens is 318 g/mol. The minimum atomic E-state index is -1.05. The van der Waals surface area contributed by atoms with Gasteiger partial charge in [-0.3, -0.25) is 4.79 Å². The fraction of sp³-hybridized carbons (Fsp3) is 0.375. The highest BCUT2D eigenvalue weighted by Gasteiger charge is 2.14. The number of hydrogen-bond donors (Lipinski definition) is 2. The van der Waals surface area contributed by atoms with Crippen molar-refractivity contribution in [2.24, 2.45) is 5.92 Å². The maximum Gasteiger partial charge on any atom is 0.533 e. The molecule has 0 fully saturated rings. The molecule has 1 atom stereocenters. The van der Waals surface area contributed by atoms with Crippen molar-refractivity contribution < 1.29 is 33.9 Å². The average Bonchev–Trinajstić information content (AvgIpc) is 2.57. The lowest BCUT2D eigenvalue weighted by Crippen LogP contribution is -2.28. The van der Waals surface area contributed by atoms with Gasteiger partial charge in [0.25, 0.3) is 5.91 Å². The van der Waals surface area contributed by atoms with Crippen LogP contribution in [0.25, 0.3) is 0 Å². The van der Waals surface area contributed by atoms with Gasteiger partial charge < -0.3 is 19.5 Å². The van der Waals surface area contributed by atoms with Gasteiger partial charge in [0, 0.05) is 12.3 Å². The third kappa shape index (κ3) is 6.91. The van der Waals surface area contributed by atoms with Crippen molar-refractivity contribution in [1.82, 2.24) is 5.48 Å². The highest BCUT2D eigenvalue weighted by Crippen LogP contribution is 2.14. The molecule has 0 aliphatic rings. The van der Waals surface area contributed by atoms with Crippen LogP contribution in [0.1, 0.15) is 35.7 Å². The number of hydroxylamine groups is 1. The Morgan fingerprint density at radius 1 is 1.33 bits per heavy atom. The maximum atomic E-state index is 11.5. The summed E-state index contributed by atoms with van der Waals surface area (Å²) in [4.78, 5) is 48.9. The normalized spacial score (nSPS) is 11.2. The summed E-state index contributed by atoms with van der Waals surface area (Å²) < 4.78 is 4.47. The van der Waals surface area contributed by atoms with Crippen LogP contribution in [0.15, 0.2) is 24.3 Å². The molecule has 8 heteroatoms. The zero-order valence-corrected chi connectivity index (χ0v) is 13.2. The van der Waals surface area contributed by atoms with E-state index < -0.39 is 23.9 Å². The van der Waals surface area contributed by atoms with Crippen LogP contribution >= 0.6 is 0 Å². The van der Waals surface area contributed by atoms with Crippen molar-refractivity contribution in [1.29, 1.82) is 0 Å². The summed E-state index contributed by atoms with van der Waals surface area (Å²) in [5.41, 5.74) is 2.75. The average molecular weight is 337 g/mol. The van der Waals surface area contributed by atoms with E-state index in [1.807, 2.05) is 5.48 Å². The molecule has 24 heavy (non-hydrogen) atoms. The van der Waals surface area contributed by atoms with Gasteiger partial charge in [0.05, 0.1) is 12.2 Å². The molecule has 1 amide bonds. The highest BCUT2D eigenvalue weighted by atomic mass is 16.8. The lowest BCUT2D eigenvalue weighted by atomic mass is 9.95. The van der Waals surface area contributed by atoms with Crippen molar-refractivity contribution in [3.63, 3.8) is 0 Å². The highest BCUT2D eigenvalue weighted by molar-refractivity contribution is 5.87. The molecule has 1 aromatic carbocycles. The van der Waals surface area contributed by atoms with E-state index in [-0.39, 0.29) is 25.0 Å². The Morgan fingerprint density at radius 3 is 2.71 bits per heavy atom. The van der Waals surface area contributed by atoms with Gasteiger partial charge in [0.15, 0.2) is 0 Å². The number of hydrogen-bond acceptors (Lipinski definition) is 6. The Labute approximate surface area is 138 Å². The lowest BCUT2D eigenvalue weighted by molar-refractivity contribution is -0.131. The maximum absolute atomic E-state index is 11.5. The Bertz CT molecular complexity index is 600. The summed E-state index contributed by atoms with van der Waals surface area (Å²) in [5.74, 6) is -2.06. The number of carbonyl (C=O) groups is 4. The molecule has 130 valence electrons. The van der Waals surface area contributed by atoms with E-state index in [1.165, 1.54) is 12.1 Å². The lowest BCUT2D eigenvalue weighted by Gasteiger charge is -2.11. The fourth-order valence-electron chi connectivity index (χ4n) is 1.97. The van der Waals surface area contributed by atoms with Crippen LogP contribution in [0.3, 0.4) is 0 Å². The molecule has 0 aliphatic carbocycles. The molecule has 0 spiro atoms. The Morgan fingerprint density at radius 2 is 2.08 bits per heavy atom. The number of benzene rings is 1. The summed E-state index contributed by atoms with van der Waals surface area (Å²) in [7, 11) is 0. The van der Waals surface area contributed by atoms with Crippen molar-refractivity contribution in [3.05, 3.63) is 35.4 Å². The van der Waals surface area contributed by atoms with E-state index in [4.69, 9.17) is 5.11 Å². The molecule has 0 aromatic heterocycles. The topological polar surface area (TPSA) is 119 Å². The van der Waals surface area contributed by atoms with Gasteiger partial charge in [-0.15, -0.1) is 0 Å². The molecule has 8 nitrogen and oxygen atoms in total. The van der Waals surface area contributed by atoms with E-state index in [0.717, 1.165) is 0 Å². The number of aldehydes is 1. The minimum Gasteiger partial charge on any atom is -0.478 e. The number of ether oxygens (including phenoxy) is 1. The van der Waals surface area contributed by atoms with Crippen LogP contribution in [0.5, 0.6) is 0 Å². The summed E-state index contributed by atoms with van der Waals surface area (Å²) in [6.45, 7) is 1.72. The smallest absolute Gasteiger partial charge is 0.478 e.